The third kappa shape index (κ3) is 5.48. The van der Waals surface area contributed by atoms with E-state index in [0.717, 1.165) is 22.0 Å². The fraction of sp³-hybridized carbons (Fsp3) is 0.0952. The molecule has 0 saturated heterocycles. The van der Waals surface area contributed by atoms with Crippen molar-refractivity contribution in [1.29, 1.82) is 0 Å². The highest BCUT2D eigenvalue weighted by molar-refractivity contribution is 6.08. The number of H-pyrrole nitrogens is 1. The number of guanidine groups is 2. The molecule has 0 saturated carbocycles. The van der Waals surface area contributed by atoms with Gasteiger partial charge in [-0.05, 0) is 55.3 Å². The molecule has 10 N–H and O–H groups in total. The Labute approximate surface area is 184 Å². The quantitative estimate of drug-likeness (QED) is 0.194. The largest absolute Gasteiger partial charge is 0.369 e. The predicted molar refractivity (Wildman–Crippen MR) is 129 cm³/mol. The van der Waals surface area contributed by atoms with Crippen LogP contribution in [0.5, 0.6) is 0 Å². The highest BCUT2D eigenvalue weighted by atomic mass is 16.1. The van der Waals surface area contributed by atoms with Crippen molar-refractivity contribution >= 4 is 45.8 Å². The molecule has 11 heteroatoms. The third-order valence-corrected chi connectivity index (χ3v) is 4.47. The molecule has 3 aromatic rings. The Bertz CT molecular complexity index is 1260. The van der Waals surface area contributed by atoms with Crippen LogP contribution < -0.4 is 28.3 Å². The first-order valence-electron chi connectivity index (χ1n) is 9.54. The van der Waals surface area contributed by atoms with E-state index in [1.54, 1.807) is 32.0 Å². The Kier molecular flexibility index (Phi) is 6.49. The lowest BCUT2D eigenvalue weighted by Crippen LogP contribution is -2.22. The fourth-order valence-corrected chi connectivity index (χ4v) is 2.85. The van der Waals surface area contributed by atoms with Crippen molar-refractivity contribution in [3.8, 4) is 0 Å². The molecule has 0 fully saturated rings. The molecule has 0 spiro atoms. The van der Waals surface area contributed by atoms with E-state index in [-0.39, 0.29) is 17.8 Å². The van der Waals surface area contributed by atoms with E-state index in [9.17, 15) is 4.79 Å². The lowest BCUT2D eigenvalue weighted by molar-refractivity contribution is 0.102. The molecule has 164 valence electrons. The summed E-state index contributed by atoms with van der Waals surface area (Å²) < 4.78 is 0. The normalized spacial score (nSPS) is 11.8. The van der Waals surface area contributed by atoms with Crippen LogP contribution in [0, 0.1) is 0 Å². The average Bonchev–Trinajstić information content (AvgIpc) is 3.20. The second kappa shape index (κ2) is 9.43. The van der Waals surface area contributed by atoms with Gasteiger partial charge in [0.15, 0.2) is 0 Å². The van der Waals surface area contributed by atoms with Crippen LogP contribution in [0.4, 0.5) is 5.69 Å². The van der Waals surface area contributed by atoms with Crippen molar-refractivity contribution in [1.82, 2.24) is 4.98 Å². The minimum atomic E-state index is -0.271. The smallest absolute Gasteiger partial charge is 0.272 e. The summed E-state index contributed by atoms with van der Waals surface area (Å²) >= 11 is 0. The molecule has 1 heterocycles. The monoisotopic (exact) mass is 432 g/mol. The minimum Gasteiger partial charge on any atom is -0.369 e. The highest BCUT2D eigenvalue weighted by Crippen LogP contribution is 2.19. The maximum Gasteiger partial charge on any atom is 0.272 e. The Morgan fingerprint density at radius 2 is 1.34 bits per heavy atom. The molecule has 11 nitrogen and oxygen atoms in total. The van der Waals surface area contributed by atoms with Gasteiger partial charge in [0, 0.05) is 16.6 Å². The first-order chi connectivity index (χ1) is 15.2. The van der Waals surface area contributed by atoms with Gasteiger partial charge in [0.1, 0.15) is 5.69 Å². The second-order valence-electron chi connectivity index (χ2n) is 6.94. The number of rotatable bonds is 6. The van der Waals surface area contributed by atoms with Gasteiger partial charge >= 0.3 is 0 Å². The summed E-state index contributed by atoms with van der Waals surface area (Å²) in [6.45, 7) is 3.57. The van der Waals surface area contributed by atoms with Gasteiger partial charge < -0.3 is 33.2 Å². The molecule has 0 bridgehead atoms. The Morgan fingerprint density at radius 1 is 0.781 bits per heavy atom. The van der Waals surface area contributed by atoms with Gasteiger partial charge in [0.25, 0.3) is 5.91 Å². The first-order valence-corrected chi connectivity index (χ1v) is 9.54. The summed E-state index contributed by atoms with van der Waals surface area (Å²) in [6.07, 6.45) is 0. The number of carbonyl (C=O) groups excluding carboxylic acids is 1. The van der Waals surface area contributed by atoms with Gasteiger partial charge in [-0.1, -0.05) is 18.2 Å². The molecule has 0 aliphatic heterocycles. The summed E-state index contributed by atoms with van der Waals surface area (Å²) in [4.78, 5) is 15.8. The first kappa shape index (κ1) is 22.0. The second-order valence-corrected chi connectivity index (χ2v) is 6.94. The standard InChI is InChI=1S/C21H24N10O/c1-11(28-30-20(22)23)13-3-6-16(7-4-13)26-19(32)18-10-15-9-14(5-8-17(15)27-18)12(2)29-31-21(24)25/h3-10,27H,1-2H3,(H,26,32)(H4,22,23,30)(H4,24,25,31). The summed E-state index contributed by atoms with van der Waals surface area (Å²) in [5, 5.41) is 18.9. The van der Waals surface area contributed by atoms with Crippen molar-refractivity contribution in [2.75, 3.05) is 5.32 Å². The van der Waals surface area contributed by atoms with Crippen molar-refractivity contribution in [3.63, 3.8) is 0 Å². The molecule has 0 radical (unpaired) electrons. The lowest BCUT2D eigenvalue weighted by atomic mass is 10.1. The zero-order chi connectivity index (χ0) is 23.3. The topological polar surface area (TPSA) is 198 Å². The Morgan fingerprint density at radius 3 is 1.94 bits per heavy atom. The molecular formula is C21H24N10O. The van der Waals surface area contributed by atoms with E-state index in [1.807, 2.05) is 30.3 Å². The summed E-state index contributed by atoms with van der Waals surface area (Å²) in [6, 6.07) is 14.6. The van der Waals surface area contributed by atoms with Gasteiger partial charge in [-0.3, -0.25) is 4.79 Å². The van der Waals surface area contributed by atoms with E-state index in [4.69, 9.17) is 22.9 Å². The van der Waals surface area contributed by atoms with E-state index < -0.39 is 0 Å². The van der Waals surface area contributed by atoms with Gasteiger partial charge in [0.2, 0.25) is 11.9 Å². The summed E-state index contributed by atoms with van der Waals surface area (Å²) in [7, 11) is 0. The zero-order valence-electron chi connectivity index (χ0n) is 17.6. The number of aromatic nitrogens is 1. The van der Waals surface area contributed by atoms with Crippen LogP contribution >= 0.6 is 0 Å². The number of carbonyl (C=O) groups is 1. The molecule has 1 aromatic heterocycles. The van der Waals surface area contributed by atoms with Crippen LogP contribution in [-0.4, -0.2) is 34.2 Å². The predicted octanol–water partition coefficient (Wildman–Crippen LogP) is 1.42. The molecule has 0 aliphatic rings. The zero-order valence-corrected chi connectivity index (χ0v) is 17.6. The van der Waals surface area contributed by atoms with E-state index in [1.165, 1.54) is 0 Å². The molecular weight excluding hydrogens is 408 g/mol. The van der Waals surface area contributed by atoms with E-state index in [0.29, 0.717) is 22.8 Å². The summed E-state index contributed by atoms with van der Waals surface area (Å²) in [5.74, 6) is -0.502. The molecule has 1 amide bonds. The molecule has 0 atom stereocenters. The van der Waals surface area contributed by atoms with Crippen molar-refractivity contribution in [2.24, 2.45) is 43.3 Å². The van der Waals surface area contributed by atoms with Crippen molar-refractivity contribution < 1.29 is 4.79 Å². The Balaban J connectivity index is 1.76. The molecule has 0 aliphatic carbocycles. The minimum absolute atomic E-state index is 0.115. The fourth-order valence-electron chi connectivity index (χ4n) is 2.85. The SMILES string of the molecule is CC(=NN=C(N)N)c1ccc(NC(=O)c2cc3cc(C(C)=NN=C(N)N)ccc3[nH]2)cc1. The lowest BCUT2D eigenvalue weighted by Gasteiger charge is -2.05. The van der Waals surface area contributed by atoms with Gasteiger partial charge in [-0.2, -0.15) is 10.2 Å². The average molecular weight is 432 g/mol. The van der Waals surface area contributed by atoms with Crippen LogP contribution in [-0.2, 0) is 0 Å². The van der Waals surface area contributed by atoms with Gasteiger partial charge in [0.05, 0.1) is 11.4 Å². The maximum absolute atomic E-state index is 12.7. The van der Waals surface area contributed by atoms with Gasteiger partial charge in [-0.15, -0.1) is 10.2 Å². The number of nitrogens with two attached hydrogens (primary N) is 4. The Hall–Kier alpha value is -4.67. The number of hydrogen-bond donors (Lipinski definition) is 6. The number of benzene rings is 2. The highest BCUT2D eigenvalue weighted by Gasteiger charge is 2.11. The number of nitrogens with zero attached hydrogens (tertiary/aromatic N) is 4. The number of anilines is 1. The van der Waals surface area contributed by atoms with Gasteiger partial charge in [-0.25, -0.2) is 0 Å². The van der Waals surface area contributed by atoms with Crippen LogP contribution in [0.1, 0.15) is 35.5 Å². The van der Waals surface area contributed by atoms with Crippen molar-refractivity contribution in [3.05, 3.63) is 65.4 Å². The number of fused-ring (bicyclic) bond motifs is 1. The molecule has 32 heavy (non-hydrogen) atoms. The number of nitrogens with one attached hydrogen (secondary N) is 2. The van der Waals surface area contributed by atoms with Crippen molar-refractivity contribution in [2.45, 2.75) is 13.8 Å². The molecule has 0 unspecified atom stereocenters. The van der Waals surface area contributed by atoms with E-state index in [2.05, 4.69) is 30.7 Å². The number of amides is 1. The van der Waals surface area contributed by atoms with Crippen LogP contribution in [0.3, 0.4) is 0 Å². The van der Waals surface area contributed by atoms with Crippen LogP contribution in [0.15, 0.2) is 68.9 Å². The van der Waals surface area contributed by atoms with Crippen LogP contribution in [0.25, 0.3) is 10.9 Å². The third-order valence-electron chi connectivity index (χ3n) is 4.47. The van der Waals surface area contributed by atoms with E-state index >= 15 is 0 Å². The molecule has 2 aromatic carbocycles. The summed E-state index contributed by atoms with van der Waals surface area (Å²) in [5.41, 5.74) is 26.0. The molecule has 3 rings (SSSR count). The number of aromatic amines is 1. The number of hydrogen-bond acceptors (Lipinski definition) is 5. The van der Waals surface area contributed by atoms with Crippen LogP contribution in [0.2, 0.25) is 0 Å². The maximum atomic E-state index is 12.7.